The molecule has 16 heteroatoms. The normalized spacial score (nSPS) is 11.8. The first kappa shape index (κ1) is 45.9. The Morgan fingerprint density at radius 3 is 1.98 bits per heavy atom. The van der Waals surface area contributed by atoms with Crippen molar-refractivity contribution >= 4 is 17.6 Å². The van der Waals surface area contributed by atoms with Gasteiger partial charge in [0.1, 0.15) is 52.8 Å². The number of carbonyl (C=O) groups excluding carboxylic acids is 1. The highest BCUT2D eigenvalue weighted by Crippen LogP contribution is 2.34. The third-order valence-corrected chi connectivity index (χ3v) is 9.76. The van der Waals surface area contributed by atoms with Gasteiger partial charge in [-0.15, -0.1) is 5.10 Å². The molecule has 5 rings (SSSR count). The van der Waals surface area contributed by atoms with Crippen LogP contribution >= 0.6 is 0 Å². The molecule has 1 amide bonds. The molecule has 0 radical (unpaired) electrons. The van der Waals surface area contributed by atoms with E-state index in [1.54, 1.807) is 53.3 Å². The predicted molar refractivity (Wildman–Crippen MR) is 231 cm³/mol. The Hall–Kier alpha value is -6.16. The van der Waals surface area contributed by atoms with Gasteiger partial charge in [0, 0.05) is 68.4 Å². The van der Waals surface area contributed by atoms with Gasteiger partial charge in [0.2, 0.25) is 0 Å². The van der Waals surface area contributed by atoms with Crippen LogP contribution < -0.4 is 38.1 Å². The van der Waals surface area contributed by atoms with Gasteiger partial charge in [-0.2, -0.15) is 4.98 Å². The molecule has 0 aliphatic carbocycles. The highest BCUT2D eigenvalue weighted by Gasteiger charge is 2.25. The fourth-order valence-electron chi connectivity index (χ4n) is 6.64. The standard InChI is InChI=1S/C45H60N6O10/c1-11-12-34(19-21-52)60-43-47-42(50(28-30-13-15-35(54-6)25-39(30)57-9)29-31-14-16-36(55-7)26-40(31)58-10)41-46-27-33(51(41)48-43)23-32-24-37(17-18-38(32)56-8)59-22-20-49(5)44(53)61-45(2,3)4/h13-18,24-27,34,52H,11-12,19-23,28-29H2,1-10H3/t34-/m1/s1. The summed E-state index contributed by atoms with van der Waals surface area (Å²) >= 11 is 0. The summed E-state index contributed by atoms with van der Waals surface area (Å²) < 4.78 is 48.3. The fourth-order valence-corrected chi connectivity index (χ4v) is 6.64. The largest absolute Gasteiger partial charge is 0.497 e. The number of ether oxygens (including phenoxy) is 8. The SMILES string of the molecule is CCC[C@H](CCO)Oc1nc(N(Cc2ccc(OC)cc2OC)Cc2ccc(OC)cc2OC)c2ncc(Cc3cc(OCCN(C)C(=O)OC(C)(C)C)ccc3OC)n2n1. The van der Waals surface area contributed by atoms with Crippen LogP contribution in [0.25, 0.3) is 5.65 Å². The number of aromatic nitrogens is 4. The van der Waals surface area contributed by atoms with Gasteiger partial charge in [0.15, 0.2) is 11.5 Å². The van der Waals surface area contributed by atoms with Crippen molar-refractivity contribution in [2.45, 2.75) is 78.2 Å². The Morgan fingerprint density at radius 2 is 1.43 bits per heavy atom. The van der Waals surface area contributed by atoms with E-state index in [1.165, 1.54) is 4.90 Å². The van der Waals surface area contributed by atoms with Crippen LogP contribution in [0.15, 0.2) is 60.8 Å². The number of amides is 1. The molecule has 330 valence electrons. The molecule has 61 heavy (non-hydrogen) atoms. The van der Waals surface area contributed by atoms with Crippen molar-refractivity contribution in [2.24, 2.45) is 0 Å². The number of hydrogen-bond donors (Lipinski definition) is 1. The van der Waals surface area contributed by atoms with Crippen LogP contribution in [0, 0.1) is 0 Å². The molecule has 3 aromatic carbocycles. The molecule has 1 atom stereocenters. The zero-order chi connectivity index (χ0) is 44.1. The Kier molecular flexibility index (Phi) is 16.1. The summed E-state index contributed by atoms with van der Waals surface area (Å²) in [6.45, 7) is 8.74. The maximum Gasteiger partial charge on any atom is 0.410 e. The Labute approximate surface area is 358 Å². The summed E-state index contributed by atoms with van der Waals surface area (Å²) in [6, 6.07) is 17.1. The van der Waals surface area contributed by atoms with E-state index in [-0.39, 0.29) is 25.3 Å². The van der Waals surface area contributed by atoms with E-state index in [0.29, 0.717) is 84.9 Å². The van der Waals surface area contributed by atoms with Crippen molar-refractivity contribution in [3.05, 3.63) is 83.2 Å². The molecule has 0 saturated carbocycles. The average molecular weight is 845 g/mol. The second-order valence-electron chi connectivity index (χ2n) is 15.4. The zero-order valence-electron chi connectivity index (χ0n) is 37.0. The summed E-state index contributed by atoms with van der Waals surface area (Å²) in [4.78, 5) is 26.0. The number of methoxy groups -OCH3 is 5. The number of likely N-dealkylation sites (N-methyl/N-ethyl adjacent to an activating group) is 1. The van der Waals surface area contributed by atoms with E-state index in [9.17, 15) is 9.90 Å². The molecule has 0 saturated heterocycles. The van der Waals surface area contributed by atoms with Crippen LogP contribution in [-0.2, 0) is 24.2 Å². The topological polar surface area (TPSA) is 161 Å². The van der Waals surface area contributed by atoms with E-state index in [4.69, 9.17) is 53.0 Å². The number of aliphatic hydroxyl groups excluding tert-OH is 1. The van der Waals surface area contributed by atoms with Crippen molar-refractivity contribution in [3.63, 3.8) is 0 Å². The van der Waals surface area contributed by atoms with Gasteiger partial charge in [0.25, 0.3) is 0 Å². The number of nitrogens with zero attached hydrogens (tertiary/aromatic N) is 6. The quantitative estimate of drug-likeness (QED) is 0.0749. The molecule has 0 spiro atoms. The molecule has 2 heterocycles. The monoisotopic (exact) mass is 844 g/mol. The van der Waals surface area contributed by atoms with Crippen molar-refractivity contribution in [1.29, 1.82) is 0 Å². The first-order chi connectivity index (χ1) is 29.3. The van der Waals surface area contributed by atoms with Gasteiger partial charge in [-0.05, 0) is 69.7 Å². The van der Waals surface area contributed by atoms with Crippen LogP contribution in [0.4, 0.5) is 10.6 Å². The lowest BCUT2D eigenvalue weighted by Crippen LogP contribution is -2.36. The lowest BCUT2D eigenvalue weighted by Gasteiger charge is -2.27. The number of fused-ring (bicyclic) bond motifs is 1. The number of anilines is 1. The van der Waals surface area contributed by atoms with Gasteiger partial charge in [0.05, 0.1) is 54.0 Å². The minimum atomic E-state index is -0.601. The van der Waals surface area contributed by atoms with Crippen LogP contribution in [0.1, 0.15) is 69.3 Å². The Morgan fingerprint density at radius 1 is 0.803 bits per heavy atom. The van der Waals surface area contributed by atoms with Gasteiger partial charge in [-0.1, -0.05) is 13.3 Å². The molecule has 0 bridgehead atoms. The number of benzene rings is 3. The van der Waals surface area contributed by atoms with Crippen LogP contribution in [-0.4, -0.2) is 110 Å². The Balaban J connectivity index is 1.59. The van der Waals surface area contributed by atoms with Crippen molar-refractivity contribution in [3.8, 4) is 40.5 Å². The fraction of sp³-hybridized carbons (Fsp3) is 0.467. The lowest BCUT2D eigenvalue weighted by atomic mass is 10.1. The van der Waals surface area contributed by atoms with Gasteiger partial charge < -0.3 is 52.8 Å². The van der Waals surface area contributed by atoms with Crippen molar-refractivity contribution in [1.82, 2.24) is 24.5 Å². The van der Waals surface area contributed by atoms with Crippen LogP contribution in [0.2, 0.25) is 0 Å². The summed E-state index contributed by atoms with van der Waals surface area (Å²) in [5.41, 5.74) is 3.15. The van der Waals surface area contributed by atoms with Crippen LogP contribution in [0.3, 0.4) is 0 Å². The lowest BCUT2D eigenvalue weighted by molar-refractivity contribution is 0.0278. The van der Waals surface area contributed by atoms with E-state index in [2.05, 4.69) is 11.8 Å². The van der Waals surface area contributed by atoms with E-state index >= 15 is 0 Å². The minimum absolute atomic E-state index is 0.0494. The first-order valence-electron chi connectivity index (χ1n) is 20.3. The number of aliphatic hydroxyl groups is 1. The third kappa shape index (κ3) is 12.2. The van der Waals surface area contributed by atoms with Gasteiger partial charge >= 0.3 is 12.1 Å². The zero-order valence-corrected chi connectivity index (χ0v) is 37.0. The molecule has 1 N–H and O–H groups in total. The van der Waals surface area contributed by atoms with E-state index in [1.807, 2.05) is 75.4 Å². The average Bonchev–Trinajstić information content (AvgIpc) is 3.64. The summed E-state index contributed by atoms with van der Waals surface area (Å²) in [7, 11) is 9.76. The molecular formula is C45H60N6O10. The molecule has 0 unspecified atom stereocenters. The maximum atomic E-state index is 12.5. The van der Waals surface area contributed by atoms with Crippen LogP contribution in [0.5, 0.6) is 40.5 Å². The molecular weight excluding hydrogens is 785 g/mol. The number of rotatable bonds is 22. The number of imidazole rings is 1. The predicted octanol–water partition coefficient (Wildman–Crippen LogP) is 7.14. The van der Waals surface area contributed by atoms with Gasteiger partial charge in [-0.25, -0.2) is 14.3 Å². The summed E-state index contributed by atoms with van der Waals surface area (Å²) in [5.74, 6) is 4.31. The van der Waals surface area contributed by atoms with Gasteiger partial charge in [-0.3, -0.25) is 0 Å². The highest BCUT2D eigenvalue weighted by atomic mass is 16.6. The van der Waals surface area contributed by atoms with Crippen molar-refractivity contribution in [2.75, 3.05) is 67.3 Å². The number of carbonyl (C=O) groups is 1. The Bertz CT molecular complexity index is 2140. The molecule has 16 nitrogen and oxygen atoms in total. The molecule has 0 fully saturated rings. The smallest absolute Gasteiger partial charge is 0.410 e. The molecule has 5 aromatic rings. The van der Waals surface area contributed by atoms with E-state index in [0.717, 1.165) is 28.8 Å². The second kappa shape index (κ2) is 21.4. The third-order valence-electron chi connectivity index (χ3n) is 9.76. The summed E-state index contributed by atoms with van der Waals surface area (Å²) in [6.07, 6.45) is 3.31. The van der Waals surface area contributed by atoms with Crippen molar-refractivity contribution < 1.29 is 47.8 Å². The highest BCUT2D eigenvalue weighted by molar-refractivity contribution is 5.68. The molecule has 2 aromatic heterocycles. The summed E-state index contributed by atoms with van der Waals surface area (Å²) in [5, 5.41) is 14.8. The second-order valence-corrected chi connectivity index (χ2v) is 15.4. The molecule has 0 aliphatic heterocycles. The number of hydrogen-bond acceptors (Lipinski definition) is 14. The minimum Gasteiger partial charge on any atom is -0.497 e. The molecule has 0 aliphatic rings. The maximum absolute atomic E-state index is 12.5. The first-order valence-corrected chi connectivity index (χ1v) is 20.3. The van der Waals surface area contributed by atoms with E-state index < -0.39 is 11.7 Å².